The van der Waals surface area contributed by atoms with Gasteiger partial charge < -0.3 is 0 Å². The summed E-state index contributed by atoms with van der Waals surface area (Å²) in [5.74, 6) is 0. The third-order valence-corrected chi connectivity index (χ3v) is 19.2. The van der Waals surface area contributed by atoms with Crippen molar-refractivity contribution in [3.63, 3.8) is 0 Å². The van der Waals surface area contributed by atoms with Crippen LogP contribution in [-0.4, -0.2) is 0 Å². The predicted molar refractivity (Wildman–Crippen MR) is 364 cm³/mol. The Labute approximate surface area is 505 Å². The summed E-state index contributed by atoms with van der Waals surface area (Å²) in [4.78, 5) is 0. The molecule has 0 aromatic heterocycles. The van der Waals surface area contributed by atoms with Crippen molar-refractivity contribution in [1.82, 2.24) is 0 Å². The standard InChI is InChI=1S/C84H90/c1-5-9-13-27-55-83(56-28-14-10-6-2)79-37-25-23-35-73(79)75-53-51-71(61-81(75)83)77(69-31-19-17-20-32-69)59-63-39-43-65(44-40-63)67-47-49-68(50-48-67)66-45-41-64(42-46-66)60-78(70-33-21-18-22-34-70)72-52-54-76-74-36-24-26-38-80(74)84(82(76)62-72,57-29-15-11-7-3)58-30-16-12-8-4/h17-26,31-54,59-62H,5-16,27-30,55-58H2,1-4H3/b77-59-,78-60-. The molecule has 9 aromatic rings. The first kappa shape index (κ1) is 58.2. The van der Waals surface area contributed by atoms with Gasteiger partial charge in [-0.1, -0.05) is 337 Å². The van der Waals surface area contributed by atoms with E-state index in [-0.39, 0.29) is 10.8 Å². The van der Waals surface area contributed by atoms with Crippen LogP contribution in [0.25, 0.3) is 67.8 Å². The SMILES string of the molecule is CCCCCCC1(CCCCCC)c2ccccc2-c2ccc(/C(=C\c3ccc(-c4ccc(-c5ccc(/C=C(/c6ccccc6)c6ccc7c(c6)C(CCCCCC)(CCCCCC)c6ccccc6-7)cc5)cc4)cc3)c3ccccc3)cc21. The summed E-state index contributed by atoms with van der Waals surface area (Å²) in [7, 11) is 0. The van der Waals surface area contributed by atoms with Crippen LogP contribution in [0, 0.1) is 0 Å². The molecule has 9 aromatic carbocycles. The van der Waals surface area contributed by atoms with Gasteiger partial charge in [-0.15, -0.1) is 0 Å². The summed E-state index contributed by atoms with van der Waals surface area (Å²) in [6.45, 7) is 9.32. The van der Waals surface area contributed by atoms with E-state index in [0.717, 1.165) is 0 Å². The highest BCUT2D eigenvalue weighted by Crippen LogP contribution is 2.57. The first-order chi connectivity index (χ1) is 41.5. The molecular formula is C84H90. The lowest BCUT2D eigenvalue weighted by Crippen LogP contribution is -2.25. The van der Waals surface area contributed by atoms with E-state index in [9.17, 15) is 0 Å². The van der Waals surface area contributed by atoms with Crippen LogP contribution in [0.3, 0.4) is 0 Å². The first-order valence-electron chi connectivity index (χ1n) is 32.8. The number of hydrogen-bond donors (Lipinski definition) is 0. The molecule has 0 fully saturated rings. The van der Waals surface area contributed by atoms with Crippen LogP contribution in [0.2, 0.25) is 0 Å². The van der Waals surface area contributed by atoms with E-state index in [2.05, 4.69) is 258 Å². The van der Waals surface area contributed by atoms with Gasteiger partial charge in [0, 0.05) is 10.8 Å². The van der Waals surface area contributed by atoms with Crippen molar-refractivity contribution >= 4 is 23.3 Å². The van der Waals surface area contributed by atoms with Crippen molar-refractivity contribution in [2.24, 2.45) is 0 Å². The molecule has 0 heterocycles. The summed E-state index contributed by atoms with van der Waals surface area (Å²) in [5.41, 5.74) is 27.0. The summed E-state index contributed by atoms with van der Waals surface area (Å²) in [6.07, 6.45) is 30.2. The molecule has 0 N–H and O–H groups in total. The van der Waals surface area contributed by atoms with Gasteiger partial charge in [0.25, 0.3) is 0 Å². The lowest BCUT2D eigenvalue weighted by molar-refractivity contribution is 0.401. The third-order valence-electron chi connectivity index (χ3n) is 19.2. The molecule has 0 heteroatoms. The summed E-state index contributed by atoms with van der Waals surface area (Å²) >= 11 is 0. The monoisotopic (exact) mass is 1100 g/mol. The van der Waals surface area contributed by atoms with Gasteiger partial charge in [-0.3, -0.25) is 0 Å². The molecule has 426 valence electrons. The zero-order valence-corrected chi connectivity index (χ0v) is 51.1. The van der Waals surface area contributed by atoms with Crippen LogP contribution < -0.4 is 0 Å². The molecule has 11 rings (SSSR count). The quantitative estimate of drug-likeness (QED) is 0.0339. The molecule has 0 bridgehead atoms. The summed E-state index contributed by atoms with van der Waals surface area (Å²) in [6, 6.07) is 83.3. The lowest BCUT2D eigenvalue weighted by Gasteiger charge is -2.33. The maximum atomic E-state index is 2.60. The van der Waals surface area contributed by atoms with Crippen LogP contribution in [0.5, 0.6) is 0 Å². The van der Waals surface area contributed by atoms with Crippen molar-refractivity contribution < 1.29 is 0 Å². The second-order valence-electron chi connectivity index (χ2n) is 24.7. The fraction of sp³-hybridized carbons (Fsp3) is 0.310. The number of fused-ring (bicyclic) bond motifs is 6. The van der Waals surface area contributed by atoms with E-state index in [1.54, 1.807) is 22.3 Å². The molecule has 0 unspecified atom stereocenters. The predicted octanol–water partition coefficient (Wildman–Crippen LogP) is 24.6. The first-order valence-corrected chi connectivity index (χ1v) is 32.8. The zero-order chi connectivity index (χ0) is 57.6. The molecule has 0 nitrogen and oxygen atoms in total. The minimum absolute atomic E-state index is 0.0444. The van der Waals surface area contributed by atoms with Crippen LogP contribution in [0.4, 0.5) is 0 Å². The van der Waals surface area contributed by atoms with Crippen molar-refractivity contribution in [3.8, 4) is 44.5 Å². The Morgan fingerprint density at radius 3 is 0.893 bits per heavy atom. The smallest absolute Gasteiger partial charge is 0.0215 e. The van der Waals surface area contributed by atoms with Crippen molar-refractivity contribution in [3.05, 3.63) is 274 Å². The van der Waals surface area contributed by atoms with E-state index in [1.807, 2.05) is 0 Å². The van der Waals surface area contributed by atoms with Gasteiger partial charge >= 0.3 is 0 Å². The highest BCUT2D eigenvalue weighted by Gasteiger charge is 2.44. The Kier molecular flexibility index (Phi) is 19.3. The van der Waals surface area contributed by atoms with E-state index in [1.165, 1.54) is 217 Å². The topological polar surface area (TPSA) is 0 Å². The van der Waals surface area contributed by atoms with Gasteiger partial charge in [0.05, 0.1) is 0 Å². The molecule has 2 aliphatic rings. The second-order valence-corrected chi connectivity index (χ2v) is 24.7. The number of unbranched alkanes of at least 4 members (excludes halogenated alkanes) is 12. The average Bonchev–Trinajstić information content (AvgIpc) is 2.06. The van der Waals surface area contributed by atoms with E-state index >= 15 is 0 Å². The minimum Gasteiger partial charge on any atom is -0.0654 e. The van der Waals surface area contributed by atoms with E-state index in [0.29, 0.717) is 0 Å². The van der Waals surface area contributed by atoms with Gasteiger partial charge in [0.2, 0.25) is 0 Å². The van der Waals surface area contributed by atoms with Gasteiger partial charge in [-0.2, -0.15) is 0 Å². The van der Waals surface area contributed by atoms with E-state index < -0.39 is 0 Å². The number of rotatable bonds is 28. The molecular weight excluding hydrogens is 1010 g/mol. The Hall–Kier alpha value is -7.54. The van der Waals surface area contributed by atoms with Crippen molar-refractivity contribution in [1.29, 1.82) is 0 Å². The van der Waals surface area contributed by atoms with Gasteiger partial charge in [0.1, 0.15) is 0 Å². The van der Waals surface area contributed by atoms with Crippen LogP contribution in [0.1, 0.15) is 212 Å². The number of hydrogen-bond acceptors (Lipinski definition) is 0. The molecule has 84 heavy (non-hydrogen) atoms. The Balaban J connectivity index is 0.853. The minimum atomic E-state index is 0.0444. The molecule has 0 saturated carbocycles. The van der Waals surface area contributed by atoms with Gasteiger partial charge in [-0.25, -0.2) is 0 Å². The zero-order valence-electron chi connectivity index (χ0n) is 51.1. The highest BCUT2D eigenvalue weighted by atomic mass is 14.5. The fourth-order valence-corrected chi connectivity index (χ4v) is 14.6. The molecule has 0 atom stereocenters. The lowest BCUT2D eigenvalue weighted by atomic mass is 9.70. The summed E-state index contributed by atoms with van der Waals surface area (Å²) in [5, 5.41) is 0. The normalized spacial score (nSPS) is 13.8. The third kappa shape index (κ3) is 12.6. The number of benzene rings is 9. The van der Waals surface area contributed by atoms with Crippen LogP contribution in [0.15, 0.2) is 218 Å². The maximum absolute atomic E-state index is 2.60. The Morgan fingerprint density at radius 1 is 0.262 bits per heavy atom. The maximum Gasteiger partial charge on any atom is 0.0215 e. The Bertz CT molecular complexity index is 3360. The summed E-state index contributed by atoms with van der Waals surface area (Å²) < 4.78 is 0. The molecule has 2 aliphatic carbocycles. The Morgan fingerprint density at radius 2 is 0.560 bits per heavy atom. The van der Waals surface area contributed by atoms with E-state index in [4.69, 9.17) is 0 Å². The second kappa shape index (κ2) is 27.9. The van der Waals surface area contributed by atoms with Gasteiger partial charge in [-0.05, 0) is 161 Å². The molecule has 0 aliphatic heterocycles. The molecule has 0 saturated heterocycles. The molecule has 0 spiro atoms. The molecule has 0 radical (unpaired) electrons. The highest BCUT2D eigenvalue weighted by molar-refractivity contribution is 5.95. The molecule has 0 amide bonds. The van der Waals surface area contributed by atoms with Crippen LogP contribution in [-0.2, 0) is 10.8 Å². The van der Waals surface area contributed by atoms with Crippen molar-refractivity contribution in [2.75, 3.05) is 0 Å². The fourth-order valence-electron chi connectivity index (χ4n) is 14.6. The van der Waals surface area contributed by atoms with Crippen LogP contribution >= 0.6 is 0 Å². The van der Waals surface area contributed by atoms with Gasteiger partial charge in [0.15, 0.2) is 0 Å². The largest absolute Gasteiger partial charge is 0.0654 e. The average molecular weight is 1100 g/mol. The van der Waals surface area contributed by atoms with Crippen molar-refractivity contribution in [2.45, 2.75) is 167 Å².